The van der Waals surface area contributed by atoms with Gasteiger partial charge in [-0.1, -0.05) is 42.5 Å². The molecule has 0 radical (unpaired) electrons. The fourth-order valence-corrected chi connectivity index (χ4v) is 1.88. The van der Waals surface area contributed by atoms with Gasteiger partial charge < -0.3 is 0 Å². The zero-order chi connectivity index (χ0) is 14.5. The summed E-state index contributed by atoms with van der Waals surface area (Å²) in [7, 11) is 0. The van der Waals surface area contributed by atoms with Crippen molar-refractivity contribution in [3.63, 3.8) is 0 Å². The minimum atomic E-state index is -0.954. The van der Waals surface area contributed by atoms with E-state index in [9.17, 15) is 13.6 Å². The van der Waals surface area contributed by atoms with Crippen LogP contribution in [0.15, 0.2) is 54.6 Å². The van der Waals surface area contributed by atoms with Crippen molar-refractivity contribution in [2.75, 3.05) is 0 Å². The highest BCUT2D eigenvalue weighted by Gasteiger charge is 2.14. The predicted molar refractivity (Wildman–Crippen MR) is 75.4 cm³/mol. The van der Waals surface area contributed by atoms with Crippen LogP contribution in [0.25, 0.3) is 6.08 Å². The van der Waals surface area contributed by atoms with E-state index < -0.39 is 17.0 Å². The molecule has 0 aliphatic carbocycles. The number of ketones is 1. The van der Waals surface area contributed by atoms with Crippen LogP contribution in [-0.2, 0) is 4.79 Å². The van der Waals surface area contributed by atoms with Crippen LogP contribution in [0.3, 0.4) is 0 Å². The van der Waals surface area contributed by atoms with Crippen LogP contribution in [0.1, 0.15) is 16.5 Å². The second kappa shape index (κ2) is 6.44. The summed E-state index contributed by atoms with van der Waals surface area (Å²) in [6.45, 7) is 0. The van der Waals surface area contributed by atoms with Crippen LogP contribution >= 0.6 is 11.6 Å². The maximum Gasteiger partial charge on any atom is 0.177 e. The molecular formula is C16H11ClF2O. The van der Waals surface area contributed by atoms with E-state index in [1.54, 1.807) is 24.3 Å². The molecule has 20 heavy (non-hydrogen) atoms. The molecule has 2 aromatic carbocycles. The van der Waals surface area contributed by atoms with Gasteiger partial charge in [-0.2, -0.15) is 0 Å². The van der Waals surface area contributed by atoms with E-state index in [0.717, 1.165) is 12.1 Å². The average Bonchev–Trinajstić information content (AvgIpc) is 2.48. The van der Waals surface area contributed by atoms with Gasteiger partial charge in [0.2, 0.25) is 0 Å². The highest BCUT2D eigenvalue weighted by molar-refractivity contribution is 6.33. The molecule has 1 unspecified atom stereocenters. The minimum absolute atomic E-state index is 0.317. The standard InChI is InChI=1S/C16H11ClF2O/c17-16(12-4-2-1-3-5-12)15(20)9-7-11-6-8-13(18)14(19)10-11/h1-10,16H/b9-7+. The van der Waals surface area contributed by atoms with E-state index in [2.05, 4.69) is 0 Å². The molecular weight excluding hydrogens is 282 g/mol. The lowest BCUT2D eigenvalue weighted by atomic mass is 10.1. The molecule has 4 heteroatoms. The SMILES string of the molecule is O=C(/C=C/c1ccc(F)c(F)c1)C(Cl)c1ccccc1. The second-order valence-corrected chi connectivity index (χ2v) is 4.62. The highest BCUT2D eigenvalue weighted by Crippen LogP contribution is 2.22. The number of rotatable bonds is 4. The third kappa shape index (κ3) is 3.52. The van der Waals surface area contributed by atoms with Crippen LogP contribution in [-0.4, -0.2) is 5.78 Å². The van der Waals surface area contributed by atoms with E-state index in [1.165, 1.54) is 18.2 Å². The molecule has 0 aliphatic rings. The summed E-state index contributed by atoms with van der Waals surface area (Å²) < 4.78 is 25.8. The Morgan fingerprint density at radius 3 is 2.40 bits per heavy atom. The molecule has 102 valence electrons. The van der Waals surface area contributed by atoms with Gasteiger partial charge in [0.15, 0.2) is 17.4 Å². The lowest BCUT2D eigenvalue weighted by Crippen LogP contribution is -2.02. The minimum Gasteiger partial charge on any atom is -0.293 e. The van der Waals surface area contributed by atoms with E-state index in [-0.39, 0.29) is 5.78 Å². The molecule has 1 nitrogen and oxygen atoms in total. The Hall–Kier alpha value is -2.00. The molecule has 0 aliphatic heterocycles. The van der Waals surface area contributed by atoms with Crippen LogP contribution in [0.5, 0.6) is 0 Å². The molecule has 0 bridgehead atoms. The van der Waals surface area contributed by atoms with E-state index >= 15 is 0 Å². The first-order valence-corrected chi connectivity index (χ1v) is 6.37. The van der Waals surface area contributed by atoms with Crippen LogP contribution < -0.4 is 0 Å². The summed E-state index contributed by atoms with van der Waals surface area (Å²) in [4.78, 5) is 11.9. The number of hydrogen-bond donors (Lipinski definition) is 0. The average molecular weight is 293 g/mol. The second-order valence-electron chi connectivity index (χ2n) is 4.18. The van der Waals surface area contributed by atoms with Crippen molar-refractivity contribution < 1.29 is 13.6 Å². The Balaban J connectivity index is 2.11. The molecule has 2 aromatic rings. The maximum atomic E-state index is 13.0. The summed E-state index contributed by atoms with van der Waals surface area (Å²) in [5.41, 5.74) is 1.09. The lowest BCUT2D eigenvalue weighted by molar-refractivity contribution is -0.114. The fraction of sp³-hybridized carbons (Fsp3) is 0.0625. The molecule has 0 fully saturated rings. The van der Waals surface area contributed by atoms with Crippen molar-refractivity contribution in [3.05, 3.63) is 77.4 Å². The lowest BCUT2D eigenvalue weighted by Gasteiger charge is -2.05. The Labute approximate surface area is 120 Å². The van der Waals surface area contributed by atoms with E-state index in [1.807, 2.05) is 6.07 Å². The van der Waals surface area contributed by atoms with Gasteiger partial charge in [0.05, 0.1) is 0 Å². The Bertz CT molecular complexity index is 638. The van der Waals surface area contributed by atoms with E-state index in [0.29, 0.717) is 11.1 Å². The molecule has 0 heterocycles. The molecule has 0 saturated heterocycles. The monoisotopic (exact) mass is 292 g/mol. The third-order valence-electron chi connectivity index (χ3n) is 2.73. The van der Waals surface area contributed by atoms with Gasteiger partial charge >= 0.3 is 0 Å². The van der Waals surface area contributed by atoms with Gasteiger partial charge in [-0.05, 0) is 29.3 Å². The van der Waals surface area contributed by atoms with Crippen LogP contribution in [0.2, 0.25) is 0 Å². The first kappa shape index (κ1) is 14.4. The molecule has 0 N–H and O–H groups in total. The number of carbonyl (C=O) groups excluding carboxylic acids is 1. The van der Waals surface area contributed by atoms with Crippen molar-refractivity contribution >= 4 is 23.5 Å². The number of halogens is 3. The highest BCUT2D eigenvalue weighted by atomic mass is 35.5. The van der Waals surface area contributed by atoms with E-state index in [4.69, 9.17) is 11.6 Å². The number of hydrogen-bond acceptors (Lipinski definition) is 1. The van der Waals surface area contributed by atoms with Crippen molar-refractivity contribution in [2.45, 2.75) is 5.38 Å². The van der Waals surface area contributed by atoms with Crippen molar-refractivity contribution in [1.29, 1.82) is 0 Å². The van der Waals surface area contributed by atoms with Gasteiger partial charge in [0.25, 0.3) is 0 Å². The molecule has 0 aromatic heterocycles. The zero-order valence-electron chi connectivity index (χ0n) is 10.4. The quantitative estimate of drug-likeness (QED) is 0.598. The number of allylic oxidation sites excluding steroid dienone is 1. The van der Waals surface area contributed by atoms with Crippen LogP contribution in [0, 0.1) is 11.6 Å². The molecule has 2 rings (SSSR count). The van der Waals surface area contributed by atoms with Gasteiger partial charge in [0, 0.05) is 0 Å². The first-order chi connectivity index (χ1) is 9.58. The Morgan fingerprint density at radius 1 is 1.05 bits per heavy atom. The molecule has 0 saturated carbocycles. The Kier molecular flexibility index (Phi) is 4.64. The number of benzene rings is 2. The Morgan fingerprint density at radius 2 is 1.75 bits per heavy atom. The first-order valence-electron chi connectivity index (χ1n) is 5.94. The number of alkyl halides is 1. The molecule has 0 amide bonds. The topological polar surface area (TPSA) is 17.1 Å². The fourth-order valence-electron chi connectivity index (χ4n) is 1.67. The normalized spacial score (nSPS) is 12.6. The van der Waals surface area contributed by atoms with Gasteiger partial charge in [-0.25, -0.2) is 8.78 Å². The number of carbonyl (C=O) groups is 1. The summed E-state index contributed by atoms with van der Waals surface area (Å²) in [6, 6.07) is 12.3. The van der Waals surface area contributed by atoms with Crippen molar-refractivity contribution in [1.82, 2.24) is 0 Å². The summed E-state index contributed by atoms with van der Waals surface area (Å²) in [6.07, 6.45) is 2.67. The summed E-state index contributed by atoms with van der Waals surface area (Å²) >= 11 is 6.04. The van der Waals surface area contributed by atoms with Crippen molar-refractivity contribution in [2.24, 2.45) is 0 Å². The van der Waals surface area contributed by atoms with Crippen molar-refractivity contribution in [3.8, 4) is 0 Å². The van der Waals surface area contributed by atoms with Gasteiger partial charge in [0.1, 0.15) is 5.38 Å². The predicted octanol–water partition coefficient (Wildman–Crippen LogP) is 4.53. The maximum absolute atomic E-state index is 13.0. The van der Waals surface area contributed by atoms with Crippen LogP contribution in [0.4, 0.5) is 8.78 Å². The summed E-state index contributed by atoms with van der Waals surface area (Å²) in [5, 5.41) is -0.794. The largest absolute Gasteiger partial charge is 0.293 e. The zero-order valence-corrected chi connectivity index (χ0v) is 11.1. The molecule has 1 atom stereocenters. The van der Waals surface area contributed by atoms with Gasteiger partial charge in [-0.15, -0.1) is 11.6 Å². The smallest absolute Gasteiger partial charge is 0.177 e. The molecule has 0 spiro atoms. The third-order valence-corrected chi connectivity index (χ3v) is 3.19. The van der Waals surface area contributed by atoms with Gasteiger partial charge in [-0.3, -0.25) is 4.79 Å². The summed E-state index contributed by atoms with van der Waals surface area (Å²) in [5.74, 6) is -2.19.